The largest absolute Gasteiger partial charge is 0.368 e. The van der Waals surface area contributed by atoms with Gasteiger partial charge < -0.3 is 21.3 Å². The van der Waals surface area contributed by atoms with Gasteiger partial charge in [-0.25, -0.2) is 4.99 Å². The molecule has 0 aliphatic carbocycles. The quantitative estimate of drug-likeness (QED) is 0.260. The number of nitrogens with zero attached hydrogens (tertiary/aromatic N) is 2. The number of halogens is 1. The van der Waals surface area contributed by atoms with E-state index in [2.05, 4.69) is 36.3 Å². The molecular formula is C22H36IN5O2. The number of rotatable bonds is 9. The molecule has 2 amide bonds. The first kappa shape index (κ1) is 26.2. The summed E-state index contributed by atoms with van der Waals surface area (Å²) >= 11 is 0. The van der Waals surface area contributed by atoms with E-state index >= 15 is 0 Å². The fourth-order valence-electron chi connectivity index (χ4n) is 3.94. The molecule has 1 heterocycles. The molecular weight excluding hydrogens is 493 g/mol. The molecule has 1 atom stereocenters. The molecule has 30 heavy (non-hydrogen) atoms. The normalized spacial score (nSPS) is 16.3. The first-order valence-corrected chi connectivity index (χ1v) is 10.7. The van der Waals surface area contributed by atoms with Gasteiger partial charge in [-0.3, -0.25) is 9.59 Å². The van der Waals surface area contributed by atoms with Crippen LogP contribution in [0.5, 0.6) is 0 Å². The molecule has 0 aromatic heterocycles. The summed E-state index contributed by atoms with van der Waals surface area (Å²) in [7, 11) is 0. The highest BCUT2D eigenvalue weighted by molar-refractivity contribution is 14.0. The molecule has 1 aromatic carbocycles. The molecule has 8 heteroatoms. The molecule has 2 rings (SSSR count). The Morgan fingerprint density at radius 2 is 1.83 bits per heavy atom. The molecule has 1 unspecified atom stereocenters. The average Bonchev–Trinajstić information content (AvgIpc) is 3.20. The van der Waals surface area contributed by atoms with Crippen LogP contribution in [0.4, 0.5) is 0 Å². The number of amides is 2. The molecule has 1 aromatic rings. The molecule has 0 spiro atoms. The van der Waals surface area contributed by atoms with E-state index in [1.165, 1.54) is 19.3 Å². The maximum atomic E-state index is 12.0. The van der Waals surface area contributed by atoms with Crippen LogP contribution in [0.1, 0.15) is 56.0 Å². The smallest absolute Gasteiger partial charge is 0.251 e. The lowest BCUT2D eigenvalue weighted by Crippen LogP contribution is -2.40. The molecule has 1 fully saturated rings. The maximum Gasteiger partial charge on any atom is 0.251 e. The van der Waals surface area contributed by atoms with Crippen LogP contribution in [0.3, 0.4) is 0 Å². The molecule has 1 saturated heterocycles. The number of nitrogens with two attached hydrogens (primary N) is 1. The second-order valence-electron chi connectivity index (χ2n) is 7.59. The minimum Gasteiger partial charge on any atom is -0.368 e. The maximum absolute atomic E-state index is 12.0. The molecule has 0 saturated carbocycles. The van der Waals surface area contributed by atoms with Gasteiger partial charge in [0.25, 0.3) is 5.91 Å². The van der Waals surface area contributed by atoms with E-state index in [-0.39, 0.29) is 36.4 Å². The third-order valence-corrected chi connectivity index (χ3v) is 5.63. The molecule has 4 N–H and O–H groups in total. The van der Waals surface area contributed by atoms with Gasteiger partial charge in [0.15, 0.2) is 5.96 Å². The monoisotopic (exact) mass is 529 g/mol. The second kappa shape index (κ2) is 13.5. The van der Waals surface area contributed by atoms with Gasteiger partial charge in [-0.1, -0.05) is 38.8 Å². The van der Waals surface area contributed by atoms with Crippen molar-refractivity contribution in [1.82, 2.24) is 15.5 Å². The Morgan fingerprint density at radius 1 is 1.17 bits per heavy atom. The van der Waals surface area contributed by atoms with Crippen molar-refractivity contribution < 1.29 is 9.59 Å². The van der Waals surface area contributed by atoms with Gasteiger partial charge in [0.05, 0.1) is 13.1 Å². The topological polar surface area (TPSA) is 99.8 Å². The Hall–Kier alpha value is -1.84. The first-order chi connectivity index (χ1) is 14.0. The molecule has 1 aliphatic rings. The Kier molecular flexibility index (Phi) is 11.8. The Labute approximate surface area is 197 Å². The molecule has 7 nitrogen and oxygen atoms in total. The number of likely N-dealkylation sites (tertiary alicyclic amines) is 1. The third kappa shape index (κ3) is 7.77. The highest BCUT2D eigenvalue weighted by Crippen LogP contribution is 2.28. The van der Waals surface area contributed by atoms with Crippen LogP contribution in [0, 0.1) is 11.8 Å². The predicted molar refractivity (Wildman–Crippen MR) is 132 cm³/mol. The van der Waals surface area contributed by atoms with Gasteiger partial charge in [0.2, 0.25) is 5.91 Å². The number of hydrogen-bond acceptors (Lipinski definition) is 3. The van der Waals surface area contributed by atoms with Crippen molar-refractivity contribution in [3.05, 3.63) is 35.4 Å². The fourth-order valence-corrected chi connectivity index (χ4v) is 3.94. The summed E-state index contributed by atoms with van der Waals surface area (Å²) in [6, 6.07) is 7.27. The highest BCUT2D eigenvalue weighted by Gasteiger charge is 2.29. The lowest BCUT2D eigenvalue weighted by Gasteiger charge is -2.24. The van der Waals surface area contributed by atoms with Gasteiger partial charge >= 0.3 is 0 Å². The lowest BCUT2D eigenvalue weighted by molar-refractivity contribution is -0.117. The first-order valence-electron chi connectivity index (χ1n) is 10.7. The fraction of sp³-hybridized carbons (Fsp3) is 0.591. The van der Waals surface area contributed by atoms with Crippen LogP contribution >= 0.6 is 24.0 Å². The number of primary amides is 1. The summed E-state index contributed by atoms with van der Waals surface area (Å²) < 4.78 is 0. The zero-order chi connectivity index (χ0) is 21.2. The highest BCUT2D eigenvalue weighted by atomic mass is 127. The van der Waals surface area contributed by atoms with E-state index < -0.39 is 5.91 Å². The number of carbonyl (C=O) groups excluding carboxylic acids is 2. The van der Waals surface area contributed by atoms with Gasteiger partial charge in [0.1, 0.15) is 0 Å². The van der Waals surface area contributed by atoms with E-state index in [1.807, 2.05) is 12.1 Å². The van der Waals surface area contributed by atoms with Gasteiger partial charge in [-0.2, -0.15) is 0 Å². The van der Waals surface area contributed by atoms with Crippen molar-refractivity contribution in [2.24, 2.45) is 22.6 Å². The van der Waals surface area contributed by atoms with E-state index in [1.54, 1.807) is 12.1 Å². The van der Waals surface area contributed by atoms with E-state index in [0.717, 1.165) is 43.0 Å². The number of benzene rings is 1. The van der Waals surface area contributed by atoms with Crippen molar-refractivity contribution >= 4 is 41.8 Å². The van der Waals surface area contributed by atoms with Crippen LogP contribution in [0.25, 0.3) is 0 Å². The number of aliphatic imine (C=N–C) groups is 1. The average molecular weight is 529 g/mol. The molecule has 0 bridgehead atoms. The molecule has 0 radical (unpaired) electrons. The predicted octanol–water partition coefficient (Wildman–Crippen LogP) is 2.74. The van der Waals surface area contributed by atoms with Crippen LogP contribution < -0.4 is 16.4 Å². The summed E-state index contributed by atoms with van der Waals surface area (Å²) in [4.78, 5) is 29.9. The standard InChI is InChI=1S/C22H35N5O2.HI/c1-4-17(5-2)19-11-12-27(15-19)22(24-6-3)26-13-16-7-9-18(10-8-16)21(29)25-14-20(23)28;/h7-10,17,19H,4-6,11-15H2,1-3H3,(H2,23,28)(H,24,26)(H,25,29);1H. The van der Waals surface area contributed by atoms with Crippen LogP contribution in [-0.2, 0) is 11.3 Å². The van der Waals surface area contributed by atoms with Crippen molar-refractivity contribution in [1.29, 1.82) is 0 Å². The van der Waals surface area contributed by atoms with Crippen LogP contribution in [-0.4, -0.2) is 48.9 Å². The summed E-state index contributed by atoms with van der Waals surface area (Å²) in [5.74, 6) is 1.62. The number of nitrogens with one attached hydrogen (secondary N) is 2. The summed E-state index contributed by atoms with van der Waals surface area (Å²) in [6.07, 6.45) is 3.70. The SMILES string of the molecule is CCNC(=NCc1ccc(C(=O)NCC(N)=O)cc1)N1CCC(C(CC)CC)C1.I. The summed E-state index contributed by atoms with van der Waals surface area (Å²) in [5, 5.41) is 5.90. The van der Waals surface area contributed by atoms with E-state index in [9.17, 15) is 9.59 Å². The van der Waals surface area contributed by atoms with Crippen molar-refractivity contribution in [2.45, 2.75) is 46.6 Å². The molecule has 1 aliphatic heterocycles. The lowest BCUT2D eigenvalue weighted by atomic mass is 9.87. The Bertz CT molecular complexity index is 704. The molecule has 168 valence electrons. The van der Waals surface area contributed by atoms with Crippen molar-refractivity contribution in [3.8, 4) is 0 Å². The minimum absolute atomic E-state index is 0. The minimum atomic E-state index is -0.561. The van der Waals surface area contributed by atoms with E-state index in [4.69, 9.17) is 10.7 Å². The summed E-state index contributed by atoms with van der Waals surface area (Å²) in [6.45, 7) is 10.0. The summed E-state index contributed by atoms with van der Waals surface area (Å²) in [5.41, 5.74) is 6.58. The Morgan fingerprint density at radius 3 is 2.40 bits per heavy atom. The van der Waals surface area contributed by atoms with E-state index in [0.29, 0.717) is 12.1 Å². The van der Waals surface area contributed by atoms with Crippen LogP contribution in [0.2, 0.25) is 0 Å². The van der Waals surface area contributed by atoms with Gasteiger partial charge in [-0.05, 0) is 42.9 Å². The second-order valence-corrected chi connectivity index (χ2v) is 7.59. The zero-order valence-corrected chi connectivity index (χ0v) is 20.6. The Balaban J connectivity index is 0.00000450. The van der Waals surface area contributed by atoms with Gasteiger partial charge in [0, 0.05) is 25.2 Å². The number of guanidine groups is 1. The third-order valence-electron chi connectivity index (χ3n) is 5.63. The number of carbonyl (C=O) groups is 2. The number of hydrogen-bond donors (Lipinski definition) is 3. The van der Waals surface area contributed by atoms with Crippen molar-refractivity contribution in [3.63, 3.8) is 0 Å². The van der Waals surface area contributed by atoms with Gasteiger partial charge in [-0.15, -0.1) is 24.0 Å². The van der Waals surface area contributed by atoms with Crippen LogP contribution in [0.15, 0.2) is 29.3 Å². The zero-order valence-electron chi connectivity index (χ0n) is 18.3. The van der Waals surface area contributed by atoms with Crippen molar-refractivity contribution in [2.75, 3.05) is 26.2 Å².